The van der Waals surface area contributed by atoms with Gasteiger partial charge in [-0.05, 0) is 72.6 Å². The lowest BCUT2D eigenvalue weighted by Gasteiger charge is -2.24. The van der Waals surface area contributed by atoms with Gasteiger partial charge in [0.05, 0.1) is 23.8 Å². The van der Waals surface area contributed by atoms with E-state index in [9.17, 15) is 5.26 Å². The van der Waals surface area contributed by atoms with E-state index in [0.29, 0.717) is 13.2 Å². The Hall–Kier alpha value is -2.66. The molecule has 7 heteroatoms. The number of hydrogen-bond acceptors (Lipinski definition) is 4. The van der Waals surface area contributed by atoms with Crippen molar-refractivity contribution in [2.45, 2.75) is 25.0 Å². The number of benzene rings is 2. The lowest BCUT2D eigenvalue weighted by molar-refractivity contribution is 0.0923. The minimum Gasteiger partial charge on any atom is -0.360 e. The first-order valence-corrected chi connectivity index (χ1v) is 15.4. The topological polar surface area (TPSA) is 63.7 Å². The van der Waals surface area contributed by atoms with E-state index in [1.807, 2.05) is 16.8 Å². The third-order valence-electron chi connectivity index (χ3n) is 6.68. The van der Waals surface area contributed by atoms with Gasteiger partial charge < -0.3 is 9.30 Å². The molecule has 0 spiro atoms. The molecule has 180 valence electrons. The third kappa shape index (κ3) is 4.88. The molecule has 4 aromatic rings. The Labute approximate surface area is 216 Å². The van der Waals surface area contributed by atoms with E-state index in [1.54, 1.807) is 6.33 Å². The fraction of sp³-hybridized carbons (Fsp3) is 0.321. The summed E-state index contributed by atoms with van der Waals surface area (Å²) in [5.74, 6) is 1.08. The van der Waals surface area contributed by atoms with Gasteiger partial charge in [0.25, 0.3) is 0 Å². The van der Waals surface area contributed by atoms with Gasteiger partial charge in [-0.1, -0.05) is 40.2 Å². The van der Waals surface area contributed by atoms with Crippen molar-refractivity contribution in [3.8, 4) is 17.3 Å². The van der Waals surface area contributed by atoms with Crippen LogP contribution in [-0.4, -0.2) is 45.7 Å². The number of nitriles is 1. The highest BCUT2D eigenvalue weighted by atomic mass is 79.9. The first-order valence-electron chi connectivity index (χ1n) is 11.6. The molecular weight excluding hydrogens is 520 g/mol. The Morgan fingerprint density at radius 1 is 1.09 bits per heavy atom. The van der Waals surface area contributed by atoms with Crippen molar-refractivity contribution in [2.75, 3.05) is 31.1 Å². The molecule has 5 nitrogen and oxygen atoms in total. The van der Waals surface area contributed by atoms with Crippen LogP contribution in [-0.2, 0) is 29.7 Å². The summed E-state index contributed by atoms with van der Waals surface area (Å²) in [5.41, 5.74) is 5.68. The van der Waals surface area contributed by atoms with Crippen LogP contribution in [0.4, 0.5) is 0 Å². The number of rotatable bonds is 7. The molecule has 1 atom stereocenters. The average molecular weight is 550 g/mol. The molecule has 0 fully saturated rings. The van der Waals surface area contributed by atoms with Crippen LogP contribution in [0.5, 0.6) is 0 Å². The molecule has 0 saturated carbocycles. The van der Waals surface area contributed by atoms with Crippen molar-refractivity contribution in [1.82, 2.24) is 14.5 Å². The monoisotopic (exact) mass is 548 g/mol. The second-order valence-electron chi connectivity index (χ2n) is 10.1. The van der Waals surface area contributed by atoms with E-state index in [4.69, 9.17) is 4.74 Å². The van der Waals surface area contributed by atoms with Crippen molar-refractivity contribution >= 4 is 37.0 Å². The number of ether oxygens (including phenoxy) is 1. The van der Waals surface area contributed by atoms with E-state index < -0.39 is 15.4 Å². The van der Waals surface area contributed by atoms with Crippen LogP contribution in [0.25, 0.3) is 22.3 Å². The van der Waals surface area contributed by atoms with Gasteiger partial charge in [0.15, 0.2) is 0 Å². The zero-order chi connectivity index (χ0) is 24.6. The van der Waals surface area contributed by atoms with Gasteiger partial charge in [0.1, 0.15) is 18.7 Å². The molecule has 2 aromatic carbocycles. The summed E-state index contributed by atoms with van der Waals surface area (Å²) >= 11 is 3.57. The van der Waals surface area contributed by atoms with Crippen LogP contribution >= 0.6 is 26.0 Å². The molecule has 0 aliphatic heterocycles. The molecule has 1 unspecified atom stereocenters. The molecule has 1 aliphatic carbocycles. The van der Waals surface area contributed by atoms with Crippen molar-refractivity contribution in [2.24, 2.45) is 0 Å². The summed E-state index contributed by atoms with van der Waals surface area (Å²) in [5, 5.41) is 11.3. The number of aromatic nitrogens is 3. The highest BCUT2D eigenvalue weighted by Crippen LogP contribution is 2.41. The Bertz CT molecular complexity index is 1440. The van der Waals surface area contributed by atoms with Gasteiger partial charge in [-0.3, -0.25) is 0 Å². The SMILES string of the molecule is CS(C)(C)CCOCn1ccc2c(-c3cccc(C4(C#N)Cc5ccc(Br)cc5C4)c3)ncnc21. The highest BCUT2D eigenvalue weighted by Gasteiger charge is 2.39. The molecule has 0 amide bonds. The van der Waals surface area contributed by atoms with Gasteiger partial charge in [0.2, 0.25) is 0 Å². The van der Waals surface area contributed by atoms with Gasteiger partial charge >= 0.3 is 0 Å². The molecule has 0 bridgehead atoms. The minimum absolute atomic E-state index is 0.473. The normalized spacial score (nSPS) is 17.9. The van der Waals surface area contributed by atoms with Crippen LogP contribution in [0.15, 0.2) is 65.5 Å². The number of fused-ring (bicyclic) bond motifs is 2. The summed E-state index contributed by atoms with van der Waals surface area (Å²) in [6.07, 6.45) is 12.0. The van der Waals surface area contributed by atoms with Crippen LogP contribution in [0.3, 0.4) is 0 Å². The van der Waals surface area contributed by atoms with Gasteiger partial charge in [-0.2, -0.15) is 5.26 Å². The quantitative estimate of drug-likeness (QED) is 0.262. The molecule has 1 aliphatic rings. The number of halogens is 1. The third-order valence-corrected chi connectivity index (χ3v) is 8.57. The molecule has 2 heterocycles. The summed E-state index contributed by atoms with van der Waals surface area (Å²) in [6, 6.07) is 19.3. The maximum atomic E-state index is 10.3. The maximum Gasteiger partial charge on any atom is 0.145 e. The fourth-order valence-corrected chi connectivity index (χ4v) is 5.79. The van der Waals surface area contributed by atoms with Crippen molar-refractivity contribution in [1.29, 1.82) is 5.26 Å². The van der Waals surface area contributed by atoms with E-state index in [-0.39, 0.29) is 0 Å². The summed E-state index contributed by atoms with van der Waals surface area (Å²) in [6.45, 7) is 1.22. The standard InChI is InChI=1S/C28H29BrN4OS/c1-35(2,3)12-11-34-19-33-10-9-25-26(31-18-32-27(25)33)20-5-4-6-23(13-20)28(17-30)15-21-7-8-24(29)14-22(21)16-28/h4-10,13-14,18H,11-12,15-16,19H2,1-3H3. The van der Waals surface area contributed by atoms with E-state index in [2.05, 4.69) is 93.2 Å². The Morgan fingerprint density at radius 2 is 1.91 bits per heavy atom. The molecule has 0 saturated heterocycles. The summed E-state index contributed by atoms with van der Waals surface area (Å²) in [7, 11) is -0.574. The molecule has 2 aromatic heterocycles. The second-order valence-corrected chi connectivity index (χ2v) is 15.6. The summed E-state index contributed by atoms with van der Waals surface area (Å²) in [4.78, 5) is 9.18. The molecule has 5 rings (SSSR count). The Kier molecular flexibility index (Phi) is 6.47. The van der Waals surface area contributed by atoms with Gasteiger partial charge in [-0.15, -0.1) is 0 Å². The second kappa shape index (κ2) is 9.42. The Morgan fingerprint density at radius 3 is 2.71 bits per heavy atom. The van der Waals surface area contributed by atoms with Crippen LogP contribution < -0.4 is 0 Å². The summed E-state index contributed by atoms with van der Waals surface area (Å²) < 4.78 is 9.03. The molecular formula is C28H29BrN4OS. The Balaban J connectivity index is 1.44. The van der Waals surface area contributed by atoms with Crippen LogP contribution in [0.1, 0.15) is 16.7 Å². The number of nitrogens with zero attached hydrogens (tertiary/aromatic N) is 4. The first-order chi connectivity index (χ1) is 16.8. The highest BCUT2D eigenvalue weighted by molar-refractivity contribution is 9.10. The average Bonchev–Trinajstić information content (AvgIpc) is 3.43. The zero-order valence-electron chi connectivity index (χ0n) is 20.3. The largest absolute Gasteiger partial charge is 0.360 e. The predicted octanol–water partition coefficient (Wildman–Crippen LogP) is 6.09. The predicted molar refractivity (Wildman–Crippen MR) is 148 cm³/mol. The smallest absolute Gasteiger partial charge is 0.145 e. The first kappa shape index (κ1) is 24.1. The molecule has 0 N–H and O–H groups in total. The fourth-order valence-electron chi connectivity index (χ4n) is 4.77. The number of hydrogen-bond donors (Lipinski definition) is 0. The van der Waals surface area contributed by atoms with Crippen molar-refractivity contribution in [3.05, 3.63) is 82.2 Å². The van der Waals surface area contributed by atoms with Crippen molar-refractivity contribution in [3.63, 3.8) is 0 Å². The van der Waals surface area contributed by atoms with Crippen LogP contribution in [0, 0.1) is 11.3 Å². The maximum absolute atomic E-state index is 10.3. The lowest BCUT2D eigenvalue weighted by Crippen LogP contribution is -2.24. The zero-order valence-corrected chi connectivity index (χ0v) is 22.7. The van der Waals surface area contributed by atoms with Crippen LogP contribution in [0.2, 0.25) is 0 Å². The minimum atomic E-state index is -0.574. The lowest BCUT2D eigenvalue weighted by atomic mass is 9.78. The van der Waals surface area contributed by atoms with E-state index in [1.165, 1.54) is 11.1 Å². The molecule has 0 radical (unpaired) electrons. The van der Waals surface area contributed by atoms with Gasteiger partial charge in [0, 0.05) is 27.4 Å². The van der Waals surface area contributed by atoms with E-state index in [0.717, 1.165) is 51.1 Å². The van der Waals surface area contributed by atoms with Gasteiger partial charge in [-0.25, -0.2) is 20.0 Å². The molecule has 35 heavy (non-hydrogen) atoms. The van der Waals surface area contributed by atoms with Crippen molar-refractivity contribution < 1.29 is 4.74 Å². The van der Waals surface area contributed by atoms with E-state index >= 15 is 0 Å².